The number of hydrogen-bond acceptors (Lipinski definition) is 5. The molecule has 0 bridgehead atoms. The topological polar surface area (TPSA) is 72.5 Å². The van der Waals surface area contributed by atoms with Crippen molar-refractivity contribution in [3.63, 3.8) is 0 Å². The van der Waals surface area contributed by atoms with Crippen molar-refractivity contribution in [2.24, 2.45) is 0 Å². The van der Waals surface area contributed by atoms with E-state index in [1.54, 1.807) is 0 Å². The van der Waals surface area contributed by atoms with E-state index in [-0.39, 0.29) is 12.4 Å². The molecule has 0 unspecified atom stereocenters. The minimum Gasteiger partial charge on any atom is -0.468 e. The smallest absolute Gasteiger partial charge is 0.319 e. The van der Waals surface area contributed by atoms with E-state index in [0.717, 1.165) is 5.41 Å². The molecule has 0 radical (unpaired) electrons. The predicted octanol–water partition coefficient (Wildman–Crippen LogP) is -0.735. The summed E-state index contributed by atoms with van der Waals surface area (Å²) in [4.78, 5) is 10.5. The van der Waals surface area contributed by atoms with Crippen LogP contribution in [-0.2, 0) is 19.4 Å². The molecule has 0 aromatic rings. The number of esters is 1. The Hall–Kier alpha value is -0.880. The van der Waals surface area contributed by atoms with Gasteiger partial charge >= 0.3 is 5.97 Å². The van der Waals surface area contributed by atoms with Crippen molar-refractivity contribution in [1.29, 1.82) is 0 Å². The van der Waals surface area contributed by atoms with Gasteiger partial charge in [-0.05, 0) is 0 Å². The number of hydrogen-bond donors (Lipinski definition) is 1. The molecule has 0 aliphatic rings. The quantitative estimate of drug-likeness (QED) is 0.582. The summed E-state index contributed by atoms with van der Waals surface area (Å²) in [5.41, 5.74) is 0. The fourth-order valence-corrected chi connectivity index (χ4v) is 0.931. The van der Waals surface area contributed by atoms with E-state index in [9.17, 15) is 13.2 Å². The Morgan fingerprint density at radius 1 is 1.67 bits per heavy atom. The molecular weight excluding hydrogens is 182 g/mol. The summed E-state index contributed by atoms with van der Waals surface area (Å²) in [6.45, 7) is 2.98. The maximum atomic E-state index is 10.7. The summed E-state index contributed by atoms with van der Waals surface area (Å²) in [5, 5.41) is 3.22. The number of rotatable bonds is 5. The molecule has 0 rings (SSSR count). The molecular formula is C6H11NO4S. The second-order valence-electron chi connectivity index (χ2n) is 1.98. The molecule has 0 saturated heterocycles. The Morgan fingerprint density at radius 3 is 2.67 bits per heavy atom. The van der Waals surface area contributed by atoms with Gasteiger partial charge in [-0.25, -0.2) is 8.42 Å². The summed E-state index contributed by atoms with van der Waals surface area (Å²) in [6, 6.07) is 0. The molecule has 70 valence electrons. The van der Waals surface area contributed by atoms with Gasteiger partial charge in [0.15, 0.2) is 9.84 Å². The summed E-state index contributed by atoms with van der Waals surface area (Å²) in [7, 11) is -2.05. The summed E-state index contributed by atoms with van der Waals surface area (Å²) in [6.07, 6.45) is 0. The van der Waals surface area contributed by atoms with Crippen LogP contribution in [0, 0.1) is 0 Å². The van der Waals surface area contributed by atoms with Crippen molar-refractivity contribution < 1.29 is 17.9 Å². The molecule has 5 nitrogen and oxygen atoms in total. The fourth-order valence-electron chi connectivity index (χ4n) is 0.426. The lowest BCUT2D eigenvalue weighted by Crippen LogP contribution is -2.28. The summed E-state index contributed by atoms with van der Waals surface area (Å²) < 4.78 is 25.7. The first-order chi connectivity index (χ1) is 5.52. The van der Waals surface area contributed by atoms with Crippen LogP contribution in [0.5, 0.6) is 0 Å². The number of carbonyl (C=O) groups excluding carboxylic acids is 1. The number of methoxy groups -OCH3 is 1. The number of nitrogens with one attached hydrogen (secondary N) is 1. The van der Waals surface area contributed by atoms with Gasteiger partial charge in [-0.15, -0.1) is 0 Å². The Morgan fingerprint density at radius 2 is 2.25 bits per heavy atom. The Bertz CT molecular complexity index is 257. The van der Waals surface area contributed by atoms with Crippen LogP contribution >= 0.6 is 0 Å². The first-order valence-electron chi connectivity index (χ1n) is 3.14. The maximum Gasteiger partial charge on any atom is 0.319 e. The number of carbonyl (C=O) groups is 1. The van der Waals surface area contributed by atoms with Crippen molar-refractivity contribution in [2.45, 2.75) is 0 Å². The van der Waals surface area contributed by atoms with Crippen LogP contribution in [0.15, 0.2) is 12.0 Å². The lowest BCUT2D eigenvalue weighted by atomic mass is 10.7. The normalized spacial score (nSPS) is 10.8. The SMILES string of the molecule is C=CS(=O)(=O)CNCC(=O)OC. The largest absolute Gasteiger partial charge is 0.468 e. The van der Waals surface area contributed by atoms with E-state index < -0.39 is 15.8 Å². The van der Waals surface area contributed by atoms with Crippen molar-refractivity contribution in [2.75, 3.05) is 19.5 Å². The van der Waals surface area contributed by atoms with Gasteiger partial charge in [0.25, 0.3) is 0 Å². The van der Waals surface area contributed by atoms with E-state index in [4.69, 9.17) is 0 Å². The fraction of sp³-hybridized carbons (Fsp3) is 0.500. The molecule has 0 aromatic heterocycles. The van der Waals surface area contributed by atoms with Gasteiger partial charge in [-0.3, -0.25) is 10.1 Å². The Balaban J connectivity index is 3.71. The monoisotopic (exact) mass is 193 g/mol. The molecule has 0 heterocycles. The van der Waals surface area contributed by atoms with E-state index in [1.165, 1.54) is 7.11 Å². The molecule has 0 amide bonds. The van der Waals surface area contributed by atoms with Gasteiger partial charge in [0.05, 0.1) is 13.7 Å². The van der Waals surface area contributed by atoms with Gasteiger partial charge in [-0.2, -0.15) is 0 Å². The highest BCUT2D eigenvalue weighted by Gasteiger charge is 2.05. The zero-order chi connectivity index (χ0) is 9.61. The summed E-state index contributed by atoms with van der Waals surface area (Å²) in [5.74, 6) is -0.805. The Labute approximate surface area is 71.3 Å². The highest BCUT2D eigenvalue weighted by atomic mass is 32.2. The first-order valence-corrected chi connectivity index (χ1v) is 4.86. The van der Waals surface area contributed by atoms with Crippen molar-refractivity contribution in [1.82, 2.24) is 5.32 Å². The van der Waals surface area contributed by atoms with Crippen LogP contribution in [0.1, 0.15) is 0 Å². The van der Waals surface area contributed by atoms with Gasteiger partial charge in [0, 0.05) is 5.41 Å². The lowest BCUT2D eigenvalue weighted by molar-refractivity contribution is -0.139. The van der Waals surface area contributed by atoms with Crippen molar-refractivity contribution in [3.05, 3.63) is 12.0 Å². The molecule has 0 fully saturated rings. The minimum atomic E-state index is -3.28. The number of ether oxygens (including phenoxy) is 1. The molecule has 0 aliphatic heterocycles. The highest BCUT2D eigenvalue weighted by Crippen LogP contribution is 1.85. The van der Waals surface area contributed by atoms with Crippen molar-refractivity contribution >= 4 is 15.8 Å². The molecule has 0 aliphatic carbocycles. The van der Waals surface area contributed by atoms with Crippen molar-refractivity contribution in [3.8, 4) is 0 Å². The molecule has 12 heavy (non-hydrogen) atoms. The lowest BCUT2D eigenvalue weighted by Gasteiger charge is -2.00. The third kappa shape index (κ3) is 4.86. The Kier molecular flexibility index (Phi) is 4.53. The van der Waals surface area contributed by atoms with Crippen LogP contribution in [-0.4, -0.2) is 33.9 Å². The van der Waals surface area contributed by atoms with Gasteiger partial charge < -0.3 is 4.74 Å². The zero-order valence-electron chi connectivity index (χ0n) is 6.74. The molecule has 0 saturated carbocycles. The van der Waals surface area contributed by atoms with E-state index in [2.05, 4.69) is 16.6 Å². The van der Waals surface area contributed by atoms with Crippen LogP contribution in [0.2, 0.25) is 0 Å². The summed E-state index contributed by atoms with van der Waals surface area (Å²) >= 11 is 0. The van der Waals surface area contributed by atoms with Crippen LogP contribution in [0.4, 0.5) is 0 Å². The maximum absolute atomic E-state index is 10.7. The van der Waals surface area contributed by atoms with Gasteiger partial charge in [0.2, 0.25) is 0 Å². The minimum absolute atomic E-state index is 0.121. The molecule has 6 heteroatoms. The second kappa shape index (κ2) is 4.89. The average molecular weight is 193 g/mol. The van der Waals surface area contributed by atoms with Crippen LogP contribution in [0.25, 0.3) is 0 Å². The molecule has 0 spiro atoms. The third-order valence-corrected chi connectivity index (χ3v) is 2.17. The van der Waals surface area contributed by atoms with E-state index in [1.807, 2.05) is 0 Å². The standard InChI is InChI=1S/C6H11NO4S/c1-3-12(9,10)5-7-4-6(8)11-2/h3,7H,1,4-5H2,2H3. The first kappa shape index (κ1) is 11.1. The second-order valence-corrected chi connectivity index (χ2v) is 3.92. The highest BCUT2D eigenvalue weighted by molar-refractivity contribution is 7.94. The molecule has 0 atom stereocenters. The van der Waals surface area contributed by atoms with Crippen LogP contribution in [0.3, 0.4) is 0 Å². The van der Waals surface area contributed by atoms with E-state index in [0.29, 0.717) is 0 Å². The average Bonchev–Trinajstić information content (AvgIpc) is 2.04. The van der Waals surface area contributed by atoms with Crippen LogP contribution < -0.4 is 5.32 Å². The van der Waals surface area contributed by atoms with Gasteiger partial charge in [-0.1, -0.05) is 6.58 Å². The molecule has 1 N–H and O–H groups in total. The third-order valence-electron chi connectivity index (χ3n) is 1.05. The van der Waals surface area contributed by atoms with Gasteiger partial charge in [0.1, 0.15) is 5.88 Å². The predicted molar refractivity (Wildman–Crippen MR) is 44.0 cm³/mol. The molecule has 0 aromatic carbocycles. The zero-order valence-corrected chi connectivity index (χ0v) is 7.56. The number of sulfone groups is 1. The van der Waals surface area contributed by atoms with E-state index >= 15 is 0 Å².